The Bertz CT molecular complexity index is 411. The Balaban J connectivity index is 2.22. The summed E-state index contributed by atoms with van der Waals surface area (Å²) in [6.07, 6.45) is 3.32. The lowest BCUT2D eigenvalue weighted by molar-refractivity contribution is 0.0770. The zero-order valence-electron chi connectivity index (χ0n) is 12.5. The summed E-state index contributed by atoms with van der Waals surface area (Å²) >= 11 is 0. The number of ether oxygens (including phenoxy) is 2. The summed E-state index contributed by atoms with van der Waals surface area (Å²) in [7, 11) is 0. The standard InChI is InChI=1S/C16H26N2O2/c1-3-10-19-15-8-6-5-7-12(15)16(18-17)13-9-11-20-14(13)4-2/h5-8,13-14,16,18H,3-4,9-11,17H2,1-2H3. The topological polar surface area (TPSA) is 56.5 Å². The molecule has 1 saturated heterocycles. The van der Waals surface area contributed by atoms with Gasteiger partial charge in [0, 0.05) is 18.1 Å². The lowest BCUT2D eigenvalue weighted by Gasteiger charge is -2.28. The number of benzene rings is 1. The Morgan fingerprint density at radius 1 is 1.40 bits per heavy atom. The van der Waals surface area contributed by atoms with Gasteiger partial charge in [-0.25, -0.2) is 0 Å². The van der Waals surface area contributed by atoms with Crippen LogP contribution in [0.15, 0.2) is 24.3 Å². The van der Waals surface area contributed by atoms with Crippen molar-refractivity contribution in [2.24, 2.45) is 11.8 Å². The molecule has 4 nitrogen and oxygen atoms in total. The molecule has 4 heteroatoms. The van der Waals surface area contributed by atoms with Crippen LogP contribution >= 0.6 is 0 Å². The highest BCUT2D eigenvalue weighted by Gasteiger charge is 2.35. The van der Waals surface area contributed by atoms with E-state index in [1.807, 2.05) is 18.2 Å². The maximum atomic E-state index is 5.86. The zero-order chi connectivity index (χ0) is 14.4. The smallest absolute Gasteiger partial charge is 0.124 e. The average molecular weight is 278 g/mol. The second kappa shape index (κ2) is 7.62. The molecule has 0 radical (unpaired) electrons. The Labute approximate surface area is 121 Å². The van der Waals surface area contributed by atoms with E-state index in [-0.39, 0.29) is 12.1 Å². The van der Waals surface area contributed by atoms with Crippen LogP contribution in [0.1, 0.15) is 44.7 Å². The summed E-state index contributed by atoms with van der Waals surface area (Å²) < 4.78 is 11.7. The molecule has 1 aliphatic rings. The fraction of sp³-hybridized carbons (Fsp3) is 0.625. The zero-order valence-corrected chi connectivity index (χ0v) is 12.5. The van der Waals surface area contributed by atoms with Crippen LogP contribution < -0.4 is 16.0 Å². The van der Waals surface area contributed by atoms with E-state index < -0.39 is 0 Å². The highest BCUT2D eigenvalue weighted by atomic mass is 16.5. The van der Waals surface area contributed by atoms with Crippen LogP contribution in [-0.4, -0.2) is 19.3 Å². The molecule has 1 aromatic carbocycles. The molecule has 112 valence electrons. The predicted octanol–water partition coefficient (Wildman–Crippen LogP) is 2.79. The SMILES string of the molecule is CCCOc1ccccc1C(NN)C1CCOC1CC. The van der Waals surface area contributed by atoms with Crippen LogP contribution in [0, 0.1) is 5.92 Å². The number of rotatable bonds is 7. The number of hydrazine groups is 1. The maximum absolute atomic E-state index is 5.86. The van der Waals surface area contributed by atoms with E-state index in [1.165, 1.54) is 0 Å². The molecule has 0 spiro atoms. The molecule has 0 saturated carbocycles. The van der Waals surface area contributed by atoms with Gasteiger partial charge < -0.3 is 9.47 Å². The van der Waals surface area contributed by atoms with Crippen molar-refractivity contribution in [3.8, 4) is 5.75 Å². The van der Waals surface area contributed by atoms with E-state index in [1.54, 1.807) is 0 Å². The lowest BCUT2D eigenvalue weighted by atomic mass is 9.86. The molecule has 0 aliphatic carbocycles. The highest BCUT2D eigenvalue weighted by Crippen LogP contribution is 2.37. The van der Waals surface area contributed by atoms with Gasteiger partial charge in [0.05, 0.1) is 18.8 Å². The highest BCUT2D eigenvalue weighted by molar-refractivity contribution is 5.36. The van der Waals surface area contributed by atoms with E-state index in [0.29, 0.717) is 5.92 Å². The first kappa shape index (κ1) is 15.3. The third-order valence-corrected chi connectivity index (χ3v) is 3.99. The van der Waals surface area contributed by atoms with E-state index in [4.69, 9.17) is 15.3 Å². The minimum absolute atomic E-state index is 0.0792. The van der Waals surface area contributed by atoms with Crippen molar-refractivity contribution in [2.45, 2.75) is 45.3 Å². The molecule has 2 rings (SSSR count). The van der Waals surface area contributed by atoms with Crippen molar-refractivity contribution in [1.29, 1.82) is 0 Å². The Morgan fingerprint density at radius 2 is 2.20 bits per heavy atom. The Morgan fingerprint density at radius 3 is 2.90 bits per heavy atom. The number of nitrogens with two attached hydrogens (primary N) is 1. The average Bonchev–Trinajstić information content (AvgIpc) is 2.95. The molecule has 20 heavy (non-hydrogen) atoms. The summed E-state index contributed by atoms with van der Waals surface area (Å²) in [5.41, 5.74) is 4.12. The van der Waals surface area contributed by atoms with Gasteiger partial charge in [0.1, 0.15) is 5.75 Å². The third-order valence-electron chi connectivity index (χ3n) is 3.99. The van der Waals surface area contributed by atoms with E-state index in [2.05, 4.69) is 25.3 Å². The monoisotopic (exact) mass is 278 g/mol. The van der Waals surface area contributed by atoms with E-state index >= 15 is 0 Å². The van der Waals surface area contributed by atoms with Gasteiger partial charge in [0.15, 0.2) is 0 Å². The fourth-order valence-electron chi connectivity index (χ4n) is 2.99. The first-order chi connectivity index (χ1) is 9.81. The van der Waals surface area contributed by atoms with Gasteiger partial charge in [0.2, 0.25) is 0 Å². The van der Waals surface area contributed by atoms with Crippen LogP contribution in [0.4, 0.5) is 0 Å². The number of para-hydroxylation sites is 1. The van der Waals surface area contributed by atoms with Crippen LogP contribution in [0.2, 0.25) is 0 Å². The van der Waals surface area contributed by atoms with Gasteiger partial charge in [0.25, 0.3) is 0 Å². The molecule has 3 N–H and O–H groups in total. The van der Waals surface area contributed by atoms with Crippen molar-refractivity contribution in [2.75, 3.05) is 13.2 Å². The van der Waals surface area contributed by atoms with Crippen LogP contribution in [0.3, 0.4) is 0 Å². The molecule has 0 bridgehead atoms. The number of hydrogen-bond acceptors (Lipinski definition) is 4. The Kier molecular flexibility index (Phi) is 5.83. The molecule has 0 amide bonds. The third kappa shape index (κ3) is 3.32. The van der Waals surface area contributed by atoms with E-state index in [0.717, 1.165) is 43.8 Å². The van der Waals surface area contributed by atoms with Crippen molar-refractivity contribution in [3.05, 3.63) is 29.8 Å². The largest absolute Gasteiger partial charge is 0.493 e. The van der Waals surface area contributed by atoms with Gasteiger partial charge in [-0.15, -0.1) is 0 Å². The molecule has 1 aliphatic heterocycles. The quantitative estimate of drug-likeness (QED) is 0.595. The molecule has 1 aromatic rings. The summed E-state index contributed by atoms with van der Waals surface area (Å²) in [4.78, 5) is 0. The van der Waals surface area contributed by atoms with Gasteiger partial charge >= 0.3 is 0 Å². The van der Waals surface area contributed by atoms with Gasteiger partial charge in [-0.05, 0) is 25.3 Å². The van der Waals surface area contributed by atoms with Crippen molar-refractivity contribution >= 4 is 0 Å². The summed E-state index contributed by atoms with van der Waals surface area (Å²) in [5, 5.41) is 0. The van der Waals surface area contributed by atoms with Gasteiger partial charge in [-0.2, -0.15) is 0 Å². The first-order valence-corrected chi connectivity index (χ1v) is 7.61. The molecule has 3 atom stereocenters. The molecular weight excluding hydrogens is 252 g/mol. The van der Waals surface area contributed by atoms with Crippen LogP contribution in [-0.2, 0) is 4.74 Å². The number of nitrogens with one attached hydrogen (secondary N) is 1. The van der Waals surface area contributed by atoms with Crippen LogP contribution in [0.25, 0.3) is 0 Å². The maximum Gasteiger partial charge on any atom is 0.124 e. The van der Waals surface area contributed by atoms with Gasteiger partial charge in [-0.1, -0.05) is 32.0 Å². The summed E-state index contributed by atoms with van der Waals surface area (Å²) in [6.45, 7) is 5.82. The summed E-state index contributed by atoms with van der Waals surface area (Å²) in [5.74, 6) is 7.17. The molecular formula is C16H26N2O2. The van der Waals surface area contributed by atoms with Crippen LogP contribution in [0.5, 0.6) is 5.75 Å². The predicted molar refractivity (Wildman–Crippen MR) is 80.4 cm³/mol. The van der Waals surface area contributed by atoms with Crippen molar-refractivity contribution in [3.63, 3.8) is 0 Å². The second-order valence-corrected chi connectivity index (χ2v) is 5.30. The van der Waals surface area contributed by atoms with Gasteiger partial charge in [-0.3, -0.25) is 11.3 Å². The minimum atomic E-state index is 0.0792. The molecule has 0 aromatic heterocycles. The fourth-order valence-corrected chi connectivity index (χ4v) is 2.99. The first-order valence-electron chi connectivity index (χ1n) is 7.61. The van der Waals surface area contributed by atoms with Crippen molar-refractivity contribution < 1.29 is 9.47 Å². The second-order valence-electron chi connectivity index (χ2n) is 5.30. The van der Waals surface area contributed by atoms with E-state index in [9.17, 15) is 0 Å². The van der Waals surface area contributed by atoms with Crippen molar-refractivity contribution in [1.82, 2.24) is 5.43 Å². The summed E-state index contributed by atoms with van der Waals surface area (Å²) in [6, 6.07) is 8.24. The number of hydrogen-bond donors (Lipinski definition) is 2. The Hall–Kier alpha value is -1.10. The molecule has 3 unspecified atom stereocenters. The lowest BCUT2D eigenvalue weighted by Crippen LogP contribution is -2.37. The minimum Gasteiger partial charge on any atom is -0.493 e. The normalized spacial score (nSPS) is 23.8. The molecule has 1 fully saturated rings. The molecule has 1 heterocycles.